The van der Waals surface area contributed by atoms with Crippen molar-refractivity contribution in [3.8, 4) is 5.69 Å². The number of aryl methyl sites for hydroxylation is 2. The van der Waals surface area contributed by atoms with Crippen molar-refractivity contribution in [1.29, 1.82) is 0 Å². The molecule has 3 rings (SSSR count). The highest BCUT2D eigenvalue weighted by molar-refractivity contribution is 6.08. The lowest BCUT2D eigenvalue weighted by Gasteiger charge is -2.04. The normalized spacial score (nSPS) is 11.3. The van der Waals surface area contributed by atoms with Gasteiger partial charge in [0.15, 0.2) is 5.78 Å². The van der Waals surface area contributed by atoms with Crippen molar-refractivity contribution in [3.63, 3.8) is 0 Å². The number of aromatic nitrogens is 4. The van der Waals surface area contributed by atoms with Gasteiger partial charge in [-0.25, -0.2) is 4.68 Å². The van der Waals surface area contributed by atoms with Gasteiger partial charge in [-0.2, -0.15) is 10.2 Å². The van der Waals surface area contributed by atoms with Crippen LogP contribution < -0.4 is 0 Å². The highest BCUT2D eigenvalue weighted by Crippen LogP contribution is 2.19. The molecule has 0 aliphatic carbocycles. The van der Waals surface area contributed by atoms with E-state index in [1.165, 1.54) is 0 Å². The van der Waals surface area contributed by atoms with Gasteiger partial charge in [0.05, 0.1) is 28.3 Å². The van der Waals surface area contributed by atoms with E-state index < -0.39 is 0 Å². The van der Waals surface area contributed by atoms with Gasteiger partial charge in [0.1, 0.15) is 0 Å². The molecule has 0 aliphatic rings. The van der Waals surface area contributed by atoms with Gasteiger partial charge >= 0.3 is 0 Å². The number of ketones is 1. The largest absolute Gasteiger partial charge is 0.289 e. The zero-order valence-corrected chi connectivity index (χ0v) is 13.4. The van der Waals surface area contributed by atoms with Gasteiger partial charge in [-0.05, 0) is 44.2 Å². The molecule has 0 saturated heterocycles. The van der Waals surface area contributed by atoms with Gasteiger partial charge in [0.25, 0.3) is 0 Å². The summed E-state index contributed by atoms with van der Waals surface area (Å²) in [6.07, 6.45) is 5.05. The van der Waals surface area contributed by atoms with Crippen molar-refractivity contribution in [1.82, 2.24) is 19.6 Å². The smallest absolute Gasteiger partial charge is 0.189 e. The van der Waals surface area contributed by atoms with Gasteiger partial charge in [0.2, 0.25) is 0 Å². The van der Waals surface area contributed by atoms with Crippen LogP contribution in [0.1, 0.15) is 27.4 Å². The van der Waals surface area contributed by atoms with Crippen LogP contribution in [0.3, 0.4) is 0 Å². The Balaban J connectivity index is 1.94. The molecule has 0 fully saturated rings. The molecule has 23 heavy (non-hydrogen) atoms. The lowest BCUT2D eigenvalue weighted by Crippen LogP contribution is -2.02. The van der Waals surface area contributed by atoms with Crippen LogP contribution in [-0.4, -0.2) is 25.3 Å². The predicted octanol–water partition coefficient (Wildman–Crippen LogP) is 3.12. The average molecular weight is 306 g/mol. The Kier molecular flexibility index (Phi) is 3.93. The average Bonchev–Trinajstić information content (AvgIpc) is 3.09. The van der Waals surface area contributed by atoms with Gasteiger partial charge in [-0.1, -0.05) is 18.2 Å². The highest BCUT2D eigenvalue weighted by atomic mass is 16.1. The van der Waals surface area contributed by atoms with Crippen LogP contribution >= 0.6 is 0 Å². The topological polar surface area (TPSA) is 52.7 Å². The molecule has 0 bridgehead atoms. The fraction of sp³-hybridized carbons (Fsp3) is 0.167. The number of nitrogens with zero attached hydrogens (tertiary/aromatic N) is 4. The Morgan fingerprint density at radius 3 is 2.52 bits per heavy atom. The molecule has 0 spiro atoms. The van der Waals surface area contributed by atoms with E-state index in [0.29, 0.717) is 5.56 Å². The quantitative estimate of drug-likeness (QED) is 0.550. The van der Waals surface area contributed by atoms with E-state index in [2.05, 4.69) is 10.2 Å². The van der Waals surface area contributed by atoms with Crippen LogP contribution in [0.15, 0.2) is 48.7 Å². The molecule has 116 valence electrons. The number of carbonyl (C=O) groups is 1. The van der Waals surface area contributed by atoms with Gasteiger partial charge in [-0.3, -0.25) is 9.48 Å². The Bertz CT molecular complexity index is 872. The van der Waals surface area contributed by atoms with Crippen molar-refractivity contribution in [2.24, 2.45) is 7.05 Å². The maximum atomic E-state index is 12.6. The zero-order chi connectivity index (χ0) is 16.4. The number of benzene rings is 1. The molecule has 0 unspecified atom stereocenters. The van der Waals surface area contributed by atoms with Crippen LogP contribution in [0.2, 0.25) is 0 Å². The standard InChI is InChI=1S/C18H18N4O/c1-13-18(17(23)10-9-15-11-12-19-21(15)3)14(2)22(20-13)16-7-5-4-6-8-16/h4-12H,1-3H3. The molecule has 1 aromatic carbocycles. The van der Waals surface area contributed by atoms with E-state index in [1.54, 1.807) is 27.7 Å². The minimum Gasteiger partial charge on any atom is -0.289 e. The Morgan fingerprint density at radius 2 is 1.87 bits per heavy atom. The van der Waals surface area contributed by atoms with E-state index in [-0.39, 0.29) is 5.78 Å². The first-order valence-corrected chi connectivity index (χ1v) is 7.40. The fourth-order valence-corrected chi connectivity index (χ4v) is 2.61. The molecule has 0 amide bonds. The lowest BCUT2D eigenvalue weighted by molar-refractivity contribution is 0.104. The summed E-state index contributed by atoms with van der Waals surface area (Å²) in [5, 5.41) is 8.59. The number of allylic oxidation sites excluding steroid dienone is 1. The van der Waals surface area contributed by atoms with Gasteiger partial charge in [0, 0.05) is 13.2 Å². The SMILES string of the molecule is Cc1nn(-c2ccccc2)c(C)c1C(=O)C=Cc1ccnn1C. The fourth-order valence-electron chi connectivity index (χ4n) is 2.61. The van der Waals surface area contributed by atoms with Gasteiger partial charge in [-0.15, -0.1) is 0 Å². The second-order valence-electron chi connectivity index (χ2n) is 5.37. The summed E-state index contributed by atoms with van der Waals surface area (Å²) in [5.74, 6) is -0.0524. The summed E-state index contributed by atoms with van der Waals surface area (Å²) < 4.78 is 3.53. The second-order valence-corrected chi connectivity index (χ2v) is 5.37. The zero-order valence-electron chi connectivity index (χ0n) is 13.4. The number of hydrogen-bond donors (Lipinski definition) is 0. The van der Waals surface area contributed by atoms with Gasteiger partial charge < -0.3 is 0 Å². The molecular weight excluding hydrogens is 288 g/mol. The van der Waals surface area contributed by atoms with E-state index in [9.17, 15) is 4.79 Å². The van der Waals surface area contributed by atoms with Crippen molar-refractivity contribution in [3.05, 3.63) is 71.3 Å². The third-order valence-corrected chi connectivity index (χ3v) is 3.80. The van der Waals surface area contributed by atoms with Crippen LogP contribution in [0, 0.1) is 13.8 Å². The first kappa shape index (κ1) is 15.0. The molecular formula is C18H18N4O. The van der Waals surface area contributed by atoms with Crippen LogP contribution in [0.4, 0.5) is 0 Å². The van der Waals surface area contributed by atoms with E-state index in [1.807, 2.05) is 57.3 Å². The van der Waals surface area contributed by atoms with E-state index in [4.69, 9.17) is 0 Å². The Labute approximate surface area is 134 Å². The molecule has 0 radical (unpaired) electrons. The summed E-state index contributed by atoms with van der Waals surface area (Å²) in [5.41, 5.74) is 4.04. The number of para-hydroxylation sites is 1. The monoisotopic (exact) mass is 306 g/mol. The molecule has 5 heteroatoms. The first-order valence-electron chi connectivity index (χ1n) is 7.40. The lowest BCUT2D eigenvalue weighted by atomic mass is 10.1. The summed E-state index contributed by atoms with van der Waals surface area (Å²) in [6, 6.07) is 11.7. The maximum Gasteiger partial charge on any atom is 0.189 e. The van der Waals surface area contributed by atoms with Crippen molar-refractivity contribution in [2.45, 2.75) is 13.8 Å². The van der Waals surface area contributed by atoms with E-state index >= 15 is 0 Å². The summed E-state index contributed by atoms with van der Waals surface area (Å²) in [4.78, 5) is 12.6. The number of hydrogen-bond acceptors (Lipinski definition) is 3. The summed E-state index contributed by atoms with van der Waals surface area (Å²) >= 11 is 0. The minimum absolute atomic E-state index is 0.0524. The highest BCUT2D eigenvalue weighted by Gasteiger charge is 2.17. The van der Waals surface area contributed by atoms with Crippen molar-refractivity contribution < 1.29 is 4.79 Å². The van der Waals surface area contributed by atoms with Crippen molar-refractivity contribution in [2.75, 3.05) is 0 Å². The van der Waals surface area contributed by atoms with Crippen LogP contribution in [-0.2, 0) is 7.05 Å². The molecule has 0 atom stereocenters. The number of rotatable bonds is 4. The Hall–Kier alpha value is -2.95. The minimum atomic E-state index is -0.0524. The molecule has 5 nitrogen and oxygen atoms in total. The van der Waals surface area contributed by atoms with Crippen molar-refractivity contribution >= 4 is 11.9 Å². The molecule has 0 saturated carbocycles. The number of carbonyl (C=O) groups excluding carboxylic acids is 1. The third-order valence-electron chi connectivity index (χ3n) is 3.80. The van der Waals surface area contributed by atoms with E-state index in [0.717, 1.165) is 22.8 Å². The van der Waals surface area contributed by atoms with Crippen LogP contribution in [0.5, 0.6) is 0 Å². The molecule has 2 aromatic heterocycles. The molecule has 3 aromatic rings. The predicted molar refractivity (Wildman–Crippen MR) is 89.6 cm³/mol. The Morgan fingerprint density at radius 1 is 1.13 bits per heavy atom. The van der Waals surface area contributed by atoms with Crippen LogP contribution in [0.25, 0.3) is 11.8 Å². The molecule has 0 aliphatic heterocycles. The maximum absolute atomic E-state index is 12.6. The molecule has 0 N–H and O–H groups in total. The third kappa shape index (κ3) is 2.85. The first-order chi connectivity index (χ1) is 11.1. The summed E-state index contributed by atoms with van der Waals surface area (Å²) in [6.45, 7) is 3.77. The second kappa shape index (κ2) is 6.04. The summed E-state index contributed by atoms with van der Waals surface area (Å²) in [7, 11) is 1.84. The molecule has 2 heterocycles.